The number of amides is 1. The first kappa shape index (κ1) is 9.93. The lowest BCUT2D eigenvalue weighted by Gasteiger charge is -2.31. The van der Waals surface area contributed by atoms with Crippen LogP contribution < -0.4 is 10.6 Å². The largest absolute Gasteiger partial charge is 0.355 e. The number of rotatable bonds is 3. The molecule has 0 saturated carbocycles. The number of piperazine rings is 1. The Morgan fingerprint density at radius 1 is 1.71 bits per heavy atom. The summed E-state index contributed by atoms with van der Waals surface area (Å²) >= 11 is 0. The highest BCUT2D eigenvalue weighted by Crippen LogP contribution is 2.25. The highest BCUT2D eigenvalue weighted by molar-refractivity contribution is 5.81. The van der Waals surface area contributed by atoms with E-state index in [-0.39, 0.29) is 11.9 Å². The van der Waals surface area contributed by atoms with E-state index in [1.807, 2.05) is 13.8 Å². The summed E-state index contributed by atoms with van der Waals surface area (Å²) in [6.07, 6.45) is 1.21. The van der Waals surface area contributed by atoms with Crippen LogP contribution in [-0.2, 0) is 4.79 Å². The molecule has 4 nitrogen and oxygen atoms in total. The van der Waals surface area contributed by atoms with Gasteiger partial charge in [0.05, 0.1) is 6.04 Å². The van der Waals surface area contributed by atoms with Crippen LogP contribution in [0.4, 0.5) is 0 Å². The maximum Gasteiger partial charge on any atom is 0.237 e. The summed E-state index contributed by atoms with van der Waals surface area (Å²) in [4.78, 5) is 14.0. The molecule has 0 aromatic rings. The zero-order valence-corrected chi connectivity index (χ0v) is 8.92. The Hall–Kier alpha value is -0.610. The van der Waals surface area contributed by atoms with Crippen LogP contribution in [0.15, 0.2) is 0 Å². The maximum atomic E-state index is 11.6. The number of likely N-dealkylation sites (N-methyl/N-ethyl adjacent to an activating group) is 1. The maximum absolute atomic E-state index is 11.6. The third-order valence-corrected chi connectivity index (χ3v) is 3.33. The normalized spacial score (nSPS) is 33.3. The molecule has 2 fully saturated rings. The summed E-state index contributed by atoms with van der Waals surface area (Å²) < 4.78 is 0. The molecule has 0 radical (unpaired) electrons. The van der Waals surface area contributed by atoms with Crippen LogP contribution in [0.5, 0.6) is 0 Å². The zero-order chi connectivity index (χ0) is 10.1. The molecule has 0 aromatic heterocycles. The minimum Gasteiger partial charge on any atom is -0.355 e. The lowest BCUT2D eigenvalue weighted by molar-refractivity contribution is -0.126. The summed E-state index contributed by atoms with van der Waals surface area (Å²) in [5.74, 6) is 0.167. The van der Waals surface area contributed by atoms with Gasteiger partial charge in [-0.05, 0) is 20.3 Å². The number of carbonyl (C=O) groups is 1. The Morgan fingerprint density at radius 3 is 3.00 bits per heavy atom. The number of fused-ring (bicyclic) bond motifs is 2. The molecule has 3 unspecified atom stereocenters. The van der Waals surface area contributed by atoms with E-state index in [1.165, 1.54) is 6.42 Å². The number of nitrogens with zero attached hydrogens (tertiary/aromatic N) is 1. The predicted octanol–water partition coefficient (Wildman–Crippen LogP) is -0.443. The number of hydrogen-bond acceptors (Lipinski definition) is 3. The van der Waals surface area contributed by atoms with Crippen LogP contribution in [0.25, 0.3) is 0 Å². The van der Waals surface area contributed by atoms with Gasteiger partial charge in [0.1, 0.15) is 0 Å². The molecule has 3 atom stereocenters. The molecule has 2 bridgehead atoms. The fourth-order valence-electron chi connectivity index (χ4n) is 2.54. The van der Waals surface area contributed by atoms with Crippen molar-refractivity contribution in [2.75, 3.05) is 19.6 Å². The molecular formula is C10H19N3O. The quantitative estimate of drug-likeness (QED) is 0.644. The van der Waals surface area contributed by atoms with Crippen molar-refractivity contribution < 1.29 is 4.79 Å². The first-order valence-corrected chi connectivity index (χ1v) is 5.49. The fraction of sp³-hybridized carbons (Fsp3) is 0.900. The van der Waals surface area contributed by atoms with Crippen molar-refractivity contribution in [2.45, 2.75) is 38.4 Å². The summed E-state index contributed by atoms with van der Waals surface area (Å²) in [7, 11) is 0. The van der Waals surface area contributed by atoms with Gasteiger partial charge in [-0.25, -0.2) is 0 Å². The molecule has 2 rings (SSSR count). The third-order valence-electron chi connectivity index (χ3n) is 3.33. The zero-order valence-electron chi connectivity index (χ0n) is 8.92. The average molecular weight is 197 g/mol. The van der Waals surface area contributed by atoms with Gasteiger partial charge < -0.3 is 10.6 Å². The molecule has 0 aliphatic carbocycles. The second-order valence-corrected chi connectivity index (χ2v) is 4.26. The van der Waals surface area contributed by atoms with Gasteiger partial charge in [-0.15, -0.1) is 0 Å². The van der Waals surface area contributed by atoms with Gasteiger partial charge in [0.15, 0.2) is 0 Å². The number of hydrogen-bond donors (Lipinski definition) is 2. The van der Waals surface area contributed by atoms with Gasteiger partial charge in [-0.3, -0.25) is 9.69 Å². The van der Waals surface area contributed by atoms with Crippen LogP contribution in [0.1, 0.15) is 20.3 Å². The van der Waals surface area contributed by atoms with Crippen molar-refractivity contribution in [1.82, 2.24) is 15.5 Å². The second-order valence-electron chi connectivity index (χ2n) is 4.26. The molecule has 4 heteroatoms. The minimum atomic E-state index is 0.0343. The van der Waals surface area contributed by atoms with Gasteiger partial charge >= 0.3 is 0 Å². The first-order valence-electron chi connectivity index (χ1n) is 5.49. The van der Waals surface area contributed by atoms with Crippen LogP contribution in [0.3, 0.4) is 0 Å². The lowest BCUT2D eigenvalue weighted by atomic mass is 10.2. The second kappa shape index (κ2) is 3.87. The van der Waals surface area contributed by atoms with E-state index in [2.05, 4.69) is 15.5 Å². The van der Waals surface area contributed by atoms with Crippen LogP contribution in [0.2, 0.25) is 0 Å². The number of likely N-dealkylation sites (tertiary alicyclic amines) is 1. The Kier molecular flexibility index (Phi) is 2.74. The smallest absolute Gasteiger partial charge is 0.237 e. The molecule has 2 aliphatic heterocycles. The third kappa shape index (κ3) is 1.64. The molecule has 0 aromatic carbocycles. The standard InChI is InChI=1S/C10H19N3O/c1-3-11-10(14)7(2)13-6-8-4-9(13)5-12-8/h7-9,12H,3-6H2,1-2H3,(H,11,14). The highest BCUT2D eigenvalue weighted by Gasteiger charge is 2.41. The van der Waals surface area contributed by atoms with E-state index in [4.69, 9.17) is 0 Å². The van der Waals surface area contributed by atoms with E-state index >= 15 is 0 Å². The molecule has 2 saturated heterocycles. The highest BCUT2D eigenvalue weighted by atomic mass is 16.2. The lowest BCUT2D eigenvalue weighted by Crippen LogP contribution is -2.52. The van der Waals surface area contributed by atoms with E-state index < -0.39 is 0 Å². The van der Waals surface area contributed by atoms with Crippen LogP contribution in [-0.4, -0.2) is 48.6 Å². The fourth-order valence-corrected chi connectivity index (χ4v) is 2.54. The summed E-state index contributed by atoms with van der Waals surface area (Å²) in [6, 6.07) is 1.24. The van der Waals surface area contributed by atoms with E-state index in [0.29, 0.717) is 12.1 Å². The van der Waals surface area contributed by atoms with Crippen molar-refractivity contribution in [2.24, 2.45) is 0 Å². The SMILES string of the molecule is CCNC(=O)C(C)N1CC2CC1CN2. The monoisotopic (exact) mass is 197 g/mol. The Labute approximate surface area is 85.0 Å². The van der Waals surface area contributed by atoms with Crippen molar-refractivity contribution in [3.05, 3.63) is 0 Å². The minimum absolute atomic E-state index is 0.0343. The molecule has 2 heterocycles. The van der Waals surface area contributed by atoms with Crippen molar-refractivity contribution in [3.63, 3.8) is 0 Å². The molecule has 2 aliphatic rings. The van der Waals surface area contributed by atoms with Crippen molar-refractivity contribution in [1.29, 1.82) is 0 Å². The van der Waals surface area contributed by atoms with E-state index in [9.17, 15) is 4.79 Å². The Bertz CT molecular complexity index is 231. The molecule has 14 heavy (non-hydrogen) atoms. The van der Waals surface area contributed by atoms with Crippen molar-refractivity contribution >= 4 is 5.91 Å². The Morgan fingerprint density at radius 2 is 2.50 bits per heavy atom. The topological polar surface area (TPSA) is 44.4 Å². The number of nitrogens with one attached hydrogen (secondary N) is 2. The van der Waals surface area contributed by atoms with Crippen molar-refractivity contribution in [3.8, 4) is 0 Å². The molecule has 2 N–H and O–H groups in total. The van der Waals surface area contributed by atoms with Crippen LogP contribution in [0, 0.1) is 0 Å². The van der Waals surface area contributed by atoms with Gasteiger partial charge in [-0.2, -0.15) is 0 Å². The molecule has 1 amide bonds. The van der Waals surface area contributed by atoms with Gasteiger partial charge in [0.25, 0.3) is 0 Å². The molecule has 80 valence electrons. The van der Waals surface area contributed by atoms with Gasteiger partial charge in [-0.1, -0.05) is 0 Å². The number of carbonyl (C=O) groups excluding carboxylic acids is 1. The van der Waals surface area contributed by atoms with Gasteiger partial charge in [0.2, 0.25) is 5.91 Å². The van der Waals surface area contributed by atoms with Gasteiger partial charge in [0, 0.05) is 31.7 Å². The summed E-state index contributed by atoms with van der Waals surface area (Å²) in [6.45, 7) is 6.77. The Balaban J connectivity index is 1.92. The first-order chi connectivity index (χ1) is 6.72. The molecule has 0 spiro atoms. The average Bonchev–Trinajstić information content (AvgIpc) is 2.77. The molecular weight excluding hydrogens is 178 g/mol. The summed E-state index contributed by atoms with van der Waals surface area (Å²) in [5.41, 5.74) is 0. The van der Waals surface area contributed by atoms with E-state index in [0.717, 1.165) is 19.6 Å². The van der Waals surface area contributed by atoms with E-state index in [1.54, 1.807) is 0 Å². The van der Waals surface area contributed by atoms with Crippen LogP contribution >= 0.6 is 0 Å². The predicted molar refractivity (Wildman–Crippen MR) is 55.0 cm³/mol. The summed E-state index contributed by atoms with van der Waals surface area (Å²) in [5, 5.41) is 6.32.